The van der Waals surface area contributed by atoms with E-state index in [1.165, 1.54) is 0 Å². The van der Waals surface area contributed by atoms with Crippen molar-refractivity contribution in [3.8, 4) is 11.5 Å². The number of para-hydroxylation sites is 2. The van der Waals surface area contributed by atoms with E-state index in [4.69, 9.17) is 18.9 Å². The van der Waals surface area contributed by atoms with E-state index in [1.54, 1.807) is 0 Å². The van der Waals surface area contributed by atoms with Crippen LogP contribution < -0.4 is 9.47 Å². The van der Waals surface area contributed by atoms with Gasteiger partial charge < -0.3 is 18.9 Å². The Balaban J connectivity index is 1.57. The van der Waals surface area contributed by atoms with Gasteiger partial charge in [0.05, 0.1) is 6.61 Å². The molecular formula is C19H22O4. The third-order valence-electron chi connectivity index (χ3n) is 3.58. The van der Waals surface area contributed by atoms with Crippen molar-refractivity contribution in [2.45, 2.75) is 32.3 Å². The lowest BCUT2D eigenvalue weighted by Crippen LogP contribution is -2.25. The lowest BCUT2D eigenvalue weighted by molar-refractivity contribution is -0.141. The minimum absolute atomic E-state index is 0.0628. The van der Waals surface area contributed by atoms with Crippen LogP contribution in [0.25, 0.3) is 0 Å². The van der Waals surface area contributed by atoms with E-state index in [0.717, 1.165) is 17.1 Å². The molecule has 1 heterocycles. The summed E-state index contributed by atoms with van der Waals surface area (Å²) in [6, 6.07) is 17.7. The molecule has 4 heteroatoms. The van der Waals surface area contributed by atoms with Crippen molar-refractivity contribution in [2.75, 3.05) is 13.2 Å². The van der Waals surface area contributed by atoms with Crippen molar-refractivity contribution in [2.24, 2.45) is 0 Å². The molecule has 2 aromatic carbocycles. The van der Waals surface area contributed by atoms with Gasteiger partial charge in [-0.15, -0.1) is 0 Å². The molecule has 0 bridgehead atoms. The van der Waals surface area contributed by atoms with Crippen LogP contribution in [0, 0.1) is 0 Å². The Hall–Kier alpha value is -2.04. The number of hydrogen-bond donors (Lipinski definition) is 0. The predicted octanol–water partition coefficient (Wildman–Crippen LogP) is 3.80. The average molecular weight is 314 g/mol. The Morgan fingerprint density at radius 1 is 0.957 bits per heavy atom. The summed E-state index contributed by atoms with van der Waals surface area (Å²) < 4.78 is 23.1. The monoisotopic (exact) mass is 314 g/mol. The van der Waals surface area contributed by atoms with Gasteiger partial charge in [-0.25, -0.2) is 0 Å². The summed E-state index contributed by atoms with van der Waals surface area (Å²) in [6.45, 7) is 5.31. The van der Waals surface area contributed by atoms with E-state index in [0.29, 0.717) is 19.8 Å². The molecule has 0 unspecified atom stereocenters. The second kappa shape index (κ2) is 7.02. The van der Waals surface area contributed by atoms with E-state index in [2.05, 4.69) is 0 Å². The molecule has 1 aliphatic heterocycles. The molecule has 2 aromatic rings. The van der Waals surface area contributed by atoms with E-state index in [-0.39, 0.29) is 6.10 Å². The Labute approximate surface area is 136 Å². The number of benzene rings is 2. The lowest BCUT2D eigenvalue weighted by Gasteiger charge is -2.18. The highest BCUT2D eigenvalue weighted by Gasteiger charge is 2.33. The summed E-state index contributed by atoms with van der Waals surface area (Å²) in [7, 11) is 0. The molecule has 0 spiro atoms. The first-order valence-corrected chi connectivity index (χ1v) is 7.83. The average Bonchev–Trinajstić information content (AvgIpc) is 2.92. The van der Waals surface area contributed by atoms with Gasteiger partial charge in [0.1, 0.15) is 19.3 Å². The quantitative estimate of drug-likeness (QED) is 0.813. The van der Waals surface area contributed by atoms with Crippen molar-refractivity contribution in [3.05, 3.63) is 60.2 Å². The third-order valence-corrected chi connectivity index (χ3v) is 3.58. The van der Waals surface area contributed by atoms with Crippen molar-refractivity contribution in [3.63, 3.8) is 0 Å². The highest BCUT2D eigenvalue weighted by atomic mass is 16.7. The number of ether oxygens (including phenoxy) is 4. The van der Waals surface area contributed by atoms with Gasteiger partial charge >= 0.3 is 0 Å². The zero-order valence-corrected chi connectivity index (χ0v) is 13.5. The van der Waals surface area contributed by atoms with Crippen LogP contribution in [0.4, 0.5) is 0 Å². The molecule has 0 saturated carbocycles. The molecule has 0 aliphatic carbocycles. The standard InChI is InChI=1S/C19H22O4/c1-19(2)22-14-16(23-19)13-21-18-11-7-6-10-17(18)20-12-15-8-4-3-5-9-15/h3-11,16H,12-14H2,1-2H3/t16-/m1/s1. The Bertz CT molecular complexity index is 624. The van der Waals surface area contributed by atoms with Gasteiger partial charge in [0.2, 0.25) is 0 Å². The summed E-state index contributed by atoms with van der Waals surface area (Å²) in [4.78, 5) is 0. The first kappa shape index (κ1) is 15.8. The molecule has 1 aliphatic rings. The molecule has 0 aromatic heterocycles. The summed E-state index contributed by atoms with van der Waals surface area (Å²) in [5, 5.41) is 0. The molecule has 122 valence electrons. The fourth-order valence-corrected chi connectivity index (χ4v) is 2.45. The molecule has 3 rings (SSSR count). The third kappa shape index (κ3) is 4.47. The van der Waals surface area contributed by atoms with Crippen LogP contribution in [0.1, 0.15) is 19.4 Å². The van der Waals surface area contributed by atoms with Crippen LogP contribution in [0.15, 0.2) is 54.6 Å². The van der Waals surface area contributed by atoms with Crippen LogP contribution in [-0.4, -0.2) is 25.1 Å². The minimum atomic E-state index is -0.530. The molecule has 1 atom stereocenters. The van der Waals surface area contributed by atoms with Gasteiger partial charge in [-0.3, -0.25) is 0 Å². The first-order chi connectivity index (χ1) is 11.1. The van der Waals surface area contributed by atoms with E-state index in [1.807, 2.05) is 68.4 Å². The van der Waals surface area contributed by atoms with Gasteiger partial charge in [-0.2, -0.15) is 0 Å². The van der Waals surface area contributed by atoms with Gasteiger partial charge in [0.25, 0.3) is 0 Å². The van der Waals surface area contributed by atoms with Crippen LogP contribution >= 0.6 is 0 Å². The summed E-state index contributed by atoms with van der Waals surface area (Å²) in [5.41, 5.74) is 1.12. The summed E-state index contributed by atoms with van der Waals surface area (Å²) in [5.74, 6) is 0.920. The maximum absolute atomic E-state index is 5.88. The van der Waals surface area contributed by atoms with E-state index < -0.39 is 5.79 Å². The van der Waals surface area contributed by atoms with Crippen LogP contribution in [0.5, 0.6) is 11.5 Å². The largest absolute Gasteiger partial charge is 0.487 e. The molecule has 1 saturated heterocycles. The summed E-state index contributed by atoms with van der Waals surface area (Å²) >= 11 is 0. The highest BCUT2D eigenvalue weighted by molar-refractivity contribution is 5.39. The van der Waals surface area contributed by atoms with Crippen LogP contribution in [-0.2, 0) is 16.1 Å². The van der Waals surface area contributed by atoms with Crippen LogP contribution in [0.2, 0.25) is 0 Å². The van der Waals surface area contributed by atoms with Crippen molar-refractivity contribution in [1.82, 2.24) is 0 Å². The number of hydrogen-bond acceptors (Lipinski definition) is 4. The van der Waals surface area contributed by atoms with Crippen molar-refractivity contribution in [1.29, 1.82) is 0 Å². The second-order valence-electron chi connectivity index (χ2n) is 5.98. The Kier molecular flexibility index (Phi) is 4.84. The predicted molar refractivity (Wildman–Crippen MR) is 87.6 cm³/mol. The molecule has 0 N–H and O–H groups in total. The summed E-state index contributed by atoms with van der Waals surface area (Å²) in [6.07, 6.45) is -0.0628. The smallest absolute Gasteiger partial charge is 0.163 e. The van der Waals surface area contributed by atoms with Crippen molar-refractivity contribution < 1.29 is 18.9 Å². The molecular weight excluding hydrogens is 292 g/mol. The van der Waals surface area contributed by atoms with E-state index in [9.17, 15) is 0 Å². The normalized spacial score (nSPS) is 19.5. The molecule has 0 radical (unpaired) electrons. The van der Waals surface area contributed by atoms with Gasteiger partial charge in [0.15, 0.2) is 17.3 Å². The lowest BCUT2D eigenvalue weighted by atomic mass is 10.2. The fourth-order valence-electron chi connectivity index (χ4n) is 2.45. The maximum atomic E-state index is 5.88. The van der Waals surface area contributed by atoms with Crippen molar-refractivity contribution >= 4 is 0 Å². The second-order valence-corrected chi connectivity index (χ2v) is 5.98. The molecule has 23 heavy (non-hydrogen) atoms. The zero-order chi connectivity index (χ0) is 16.1. The molecule has 1 fully saturated rings. The van der Waals surface area contributed by atoms with E-state index >= 15 is 0 Å². The minimum Gasteiger partial charge on any atom is -0.487 e. The number of rotatable bonds is 6. The highest BCUT2D eigenvalue weighted by Crippen LogP contribution is 2.29. The molecule has 4 nitrogen and oxygen atoms in total. The van der Waals surface area contributed by atoms with Gasteiger partial charge in [-0.1, -0.05) is 42.5 Å². The molecule has 0 amide bonds. The SMILES string of the molecule is CC1(C)OC[C@@H](COc2ccccc2OCc2ccccc2)O1. The Morgan fingerprint density at radius 3 is 2.26 bits per heavy atom. The topological polar surface area (TPSA) is 36.9 Å². The zero-order valence-electron chi connectivity index (χ0n) is 13.5. The Morgan fingerprint density at radius 2 is 1.61 bits per heavy atom. The van der Waals surface area contributed by atoms with Gasteiger partial charge in [0, 0.05) is 0 Å². The van der Waals surface area contributed by atoms with Crippen LogP contribution in [0.3, 0.4) is 0 Å². The maximum Gasteiger partial charge on any atom is 0.163 e. The fraction of sp³-hybridized carbons (Fsp3) is 0.368. The van der Waals surface area contributed by atoms with Gasteiger partial charge in [-0.05, 0) is 31.5 Å². The first-order valence-electron chi connectivity index (χ1n) is 7.83.